The van der Waals surface area contributed by atoms with E-state index >= 15 is 0 Å². The van der Waals surface area contributed by atoms with Crippen molar-refractivity contribution in [3.63, 3.8) is 0 Å². The van der Waals surface area contributed by atoms with Crippen molar-refractivity contribution in [2.75, 3.05) is 0 Å². The van der Waals surface area contributed by atoms with E-state index in [2.05, 4.69) is 57.8 Å². The third kappa shape index (κ3) is 4.45. The molecule has 0 atom stereocenters. The van der Waals surface area contributed by atoms with Gasteiger partial charge in [-0.3, -0.25) is 0 Å². The van der Waals surface area contributed by atoms with Gasteiger partial charge in [0, 0.05) is 5.41 Å². The van der Waals surface area contributed by atoms with Gasteiger partial charge in [0.15, 0.2) is 0 Å². The van der Waals surface area contributed by atoms with E-state index in [4.69, 9.17) is 0 Å². The molecule has 17 heavy (non-hydrogen) atoms. The van der Waals surface area contributed by atoms with Crippen LogP contribution in [0.15, 0.2) is 12.3 Å². The summed E-state index contributed by atoms with van der Waals surface area (Å²) in [4.78, 5) is 0. The molecule has 0 spiro atoms. The normalized spacial score (nSPS) is 12.8. The summed E-state index contributed by atoms with van der Waals surface area (Å²) in [6, 6.07) is 2.22. The van der Waals surface area contributed by atoms with E-state index in [1.807, 2.05) is 6.20 Å². The van der Waals surface area contributed by atoms with Crippen molar-refractivity contribution in [3.05, 3.63) is 23.5 Å². The van der Waals surface area contributed by atoms with Gasteiger partial charge < -0.3 is 0 Å². The second kappa shape index (κ2) is 5.16. The van der Waals surface area contributed by atoms with Crippen molar-refractivity contribution >= 4 is 0 Å². The van der Waals surface area contributed by atoms with Crippen LogP contribution in [0.2, 0.25) is 0 Å². The Balaban J connectivity index is 2.80. The van der Waals surface area contributed by atoms with Crippen LogP contribution in [0.5, 0.6) is 0 Å². The van der Waals surface area contributed by atoms with E-state index in [9.17, 15) is 0 Å². The minimum atomic E-state index is 0.130. The third-order valence-corrected chi connectivity index (χ3v) is 3.45. The van der Waals surface area contributed by atoms with Crippen molar-refractivity contribution < 1.29 is 0 Å². The van der Waals surface area contributed by atoms with Crippen molar-refractivity contribution in [1.29, 1.82) is 0 Å². The van der Waals surface area contributed by atoms with E-state index in [0.717, 1.165) is 18.5 Å². The lowest BCUT2D eigenvalue weighted by molar-refractivity contribution is 0.377. The summed E-state index contributed by atoms with van der Waals surface area (Å²) >= 11 is 0. The standard InChI is InChI=1S/C15H26N2/c1-7-15(5,6)13-10-12(11-16-17-13)8-9-14(2,3)4/h10-11H,7-9H2,1-6H3. The fourth-order valence-electron chi connectivity index (χ4n) is 1.57. The highest BCUT2D eigenvalue weighted by molar-refractivity contribution is 5.19. The molecule has 0 N–H and O–H groups in total. The predicted molar refractivity (Wildman–Crippen MR) is 73.1 cm³/mol. The van der Waals surface area contributed by atoms with Gasteiger partial charge in [-0.1, -0.05) is 41.5 Å². The molecule has 0 unspecified atom stereocenters. The van der Waals surface area contributed by atoms with Gasteiger partial charge in [0.1, 0.15) is 0 Å². The van der Waals surface area contributed by atoms with Crippen LogP contribution < -0.4 is 0 Å². The molecular formula is C15H26N2. The van der Waals surface area contributed by atoms with Gasteiger partial charge in [-0.15, -0.1) is 0 Å². The Hall–Kier alpha value is -0.920. The molecule has 0 amide bonds. The fraction of sp³-hybridized carbons (Fsp3) is 0.733. The minimum absolute atomic E-state index is 0.130. The number of aryl methyl sites for hydroxylation is 1. The molecule has 0 aliphatic carbocycles. The molecule has 1 aromatic rings. The Morgan fingerprint density at radius 2 is 1.76 bits per heavy atom. The molecule has 0 aliphatic heterocycles. The highest BCUT2D eigenvalue weighted by atomic mass is 15.1. The van der Waals surface area contributed by atoms with Gasteiger partial charge in [0.25, 0.3) is 0 Å². The second-order valence-electron chi connectivity index (χ2n) is 6.75. The first-order valence-electron chi connectivity index (χ1n) is 6.57. The van der Waals surface area contributed by atoms with Gasteiger partial charge in [-0.2, -0.15) is 10.2 Å². The van der Waals surface area contributed by atoms with Crippen LogP contribution >= 0.6 is 0 Å². The summed E-state index contributed by atoms with van der Waals surface area (Å²) in [5, 5.41) is 8.43. The first-order chi connectivity index (χ1) is 7.74. The van der Waals surface area contributed by atoms with Gasteiger partial charge >= 0.3 is 0 Å². The number of hydrogen-bond donors (Lipinski definition) is 0. The lowest BCUT2D eigenvalue weighted by Gasteiger charge is -2.22. The average Bonchev–Trinajstić information content (AvgIpc) is 2.26. The molecule has 2 nitrogen and oxygen atoms in total. The number of hydrogen-bond acceptors (Lipinski definition) is 2. The van der Waals surface area contributed by atoms with Crippen LogP contribution in [0, 0.1) is 5.41 Å². The van der Waals surface area contributed by atoms with Crippen molar-refractivity contribution in [3.8, 4) is 0 Å². The molecule has 96 valence electrons. The first kappa shape index (κ1) is 14.1. The highest BCUT2D eigenvalue weighted by Crippen LogP contribution is 2.26. The Morgan fingerprint density at radius 1 is 1.12 bits per heavy atom. The quantitative estimate of drug-likeness (QED) is 0.782. The molecule has 0 radical (unpaired) electrons. The molecule has 1 aromatic heterocycles. The van der Waals surface area contributed by atoms with Crippen molar-refractivity contribution in [2.45, 2.75) is 66.2 Å². The SMILES string of the molecule is CCC(C)(C)c1cc(CCC(C)(C)C)cnn1. The zero-order valence-corrected chi connectivity index (χ0v) is 12.2. The molecule has 0 aromatic carbocycles. The van der Waals surface area contributed by atoms with E-state index in [-0.39, 0.29) is 5.41 Å². The van der Waals surface area contributed by atoms with Gasteiger partial charge in [-0.25, -0.2) is 0 Å². The number of aromatic nitrogens is 2. The lowest BCUT2D eigenvalue weighted by atomic mass is 9.84. The number of rotatable bonds is 4. The Morgan fingerprint density at radius 3 is 2.29 bits per heavy atom. The second-order valence-corrected chi connectivity index (χ2v) is 6.75. The summed E-state index contributed by atoms with van der Waals surface area (Å²) in [5.41, 5.74) is 2.94. The maximum Gasteiger partial charge on any atom is 0.0689 e. The van der Waals surface area contributed by atoms with E-state index in [1.54, 1.807) is 0 Å². The molecule has 1 heterocycles. The summed E-state index contributed by atoms with van der Waals surface area (Å²) in [5.74, 6) is 0. The molecule has 0 aliphatic rings. The van der Waals surface area contributed by atoms with Crippen molar-refractivity contribution in [1.82, 2.24) is 10.2 Å². The minimum Gasteiger partial charge on any atom is -0.159 e. The summed E-state index contributed by atoms with van der Waals surface area (Å²) in [7, 11) is 0. The molecule has 0 fully saturated rings. The molecular weight excluding hydrogens is 208 g/mol. The van der Waals surface area contributed by atoms with E-state index in [0.29, 0.717) is 5.41 Å². The third-order valence-electron chi connectivity index (χ3n) is 3.45. The summed E-state index contributed by atoms with van der Waals surface area (Å²) in [6.07, 6.45) is 5.27. The zero-order valence-electron chi connectivity index (χ0n) is 12.2. The molecule has 1 rings (SSSR count). The predicted octanol–water partition coefficient (Wildman–Crippen LogP) is 4.14. The van der Waals surface area contributed by atoms with Gasteiger partial charge in [0.2, 0.25) is 0 Å². The Labute approximate surface area is 106 Å². The van der Waals surface area contributed by atoms with Crippen molar-refractivity contribution in [2.24, 2.45) is 5.41 Å². The van der Waals surface area contributed by atoms with Crippen LogP contribution in [0.4, 0.5) is 0 Å². The highest BCUT2D eigenvalue weighted by Gasteiger charge is 2.20. The monoisotopic (exact) mass is 234 g/mol. The summed E-state index contributed by atoms with van der Waals surface area (Å²) < 4.78 is 0. The van der Waals surface area contributed by atoms with Crippen LogP contribution in [0.3, 0.4) is 0 Å². The molecule has 0 saturated heterocycles. The smallest absolute Gasteiger partial charge is 0.0689 e. The molecule has 2 heteroatoms. The van der Waals surface area contributed by atoms with Gasteiger partial charge in [0.05, 0.1) is 11.9 Å². The lowest BCUT2D eigenvalue weighted by Crippen LogP contribution is -2.18. The zero-order chi connectivity index (χ0) is 13.1. The Kier molecular flexibility index (Phi) is 4.29. The Bertz CT molecular complexity index is 361. The van der Waals surface area contributed by atoms with Crippen LogP contribution in [-0.2, 0) is 11.8 Å². The summed E-state index contributed by atoms with van der Waals surface area (Å²) in [6.45, 7) is 13.5. The van der Waals surface area contributed by atoms with E-state index in [1.165, 1.54) is 12.0 Å². The number of nitrogens with zero attached hydrogens (tertiary/aromatic N) is 2. The maximum atomic E-state index is 4.28. The van der Waals surface area contributed by atoms with Crippen LogP contribution in [0.1, 0.15) is 65.6 Å². The molecule has 0 bridgehead atoms. The average molecular weight is 234 g/mol. The fourth-order valence-corrected chi connectivity index (χ4v) is 1.57. The topological polar surface area (TPSA) is 25.8 Å². The van der Waals surface area contributed by atoms with E-state index < -0.39 is 0 Å². The van der Waals surface area contributed by atoms with Crippen LogP contribution in [-0.4, -0.2) is 10.2 Å². The first-order valence-corrected chi connectivity index (χ1v) is 6.57. The molecule has 0 saturated carbocycles. The largest absolute Gasteiger partial charge is 0.159 e. The van der Waals surface area contributed by atoms with Gasteiger partial charge in [-0.05, 0) is 36.3 Å². The van der Waals surface area contributed by atoms with Crippen LogP contribution in [0.25, 0.3) is 0 Å². The maximum absolute atomic E-state index is 4.28.